The highest BCUT2D eigenvalue weighted by Gasteiger charge is 2.30. The molecule has 42 heavy (non-hydrogen) atoms. The van der Waals surface area contributed by atoms with Crippen LogP contribution in [0.5, 0.6) is 5.75 Å². The van der Waals surface area contributed by atoms with Gasteiger partial charge < -0.3 is 19.9 Å². The van der Waals surface area contributed by atoms with Crippen molar-refractivity contribution in [2.24, 2.45) is 0 Å². The van der Waals surface area contributed by atoms with Crippen LogP contribution in [0.2, 0.25) is 0 Å². The lowest BCUT2D eigenvalue weighted by atomic mass is 9.94. The Morgan fingerprint density at radius 1 is 1.05 bits per heavy atom. The molecule has 2 aromatic carbocycles. The molecule has 5 amide bonds. The SMILES string of the molecule is COc1ccc2c(c1)C(=O)N(C[C@@H](C#Cc1ccc(C(=O)N3CCN(C4CCCCC4)CC3)cc1)NC(=O)NC=O)C2. The van der Waals surface area contributed by atoms with Gasteiger partial charge in [-0.05, 0) is 54.8 Å². The smallest absolute Gasteiger partial charge is 0.322 e. The highest BCUT2D eigenvalue weighted by molar-refractivity contribution is 5.99. The molecule has 3 aliphatic rings. The van der Waals surface area contributed by atoms with Gasteiger partial charge in [-0.1, -0.05) is 37.2 Å². The summed E-state index contributed by atoms with van der Waals surface area (Å²) in [4.78, 5) is 55.1. The number of ether oxygens (including phenoxy) is 1. The van der Waals surface area contributed by atoms with E-state index in [-0.39, 0.29) is 24.8 Å². The minimum Gasteiger partial charge on any atom is -0.497 e. The number of benzene rings is 2. The van der Waals surface area contributed by atoms with Crippen molar-refractivity contribution in [3.63, 3.8) is 0 Å². The van der Waals surface area contributed by atoms with Crippen molar-refractivity contribution in [2.45, 2.75) is 50.7 Å². The number of carbonyl (C=O) groups is 4. The van der Waals surface area contributed by atoms with E-state index in [0.717, 1.165) is 31.7 Å². The molecule has 1 saturated carbocycles. The molecule has 0 unspecified atom stereocenters. The molecule has 0 aromatic heterocycles. The summed E-state index contributed by atoms with van der Waals surface area (Å²) in [5, 5.41) is 4.70. The topological polar surface area (TPSA) is 111 Å². The first-order chi connectivity index (χ1) is 20.4. The van der Waals surface area contributed by atoms with Crippen molar-refractivity contribution in [2.75, 3.05) is 39.8 Å². The molecule has 1 atom stereocenters. The third-order valence-corrected chi connectivity index (χ3v) is 8.31. The zero-order valence-corrected chi connectivity index (χ0v) is 23.9. The Hall–Kier alpha value is -4.36. The zero-order valence-electron chi connectivity index (χ0n) is 23.9. The van der Waals surface area contributed by atoms with Gasteiger partial charge in [0.2, 0.25) is 6.41 Å². The Morgan fingerprint density at radius 2 is 1.79 bits per heavy atom. The third-order valence-electron chi connectivity index (χ3n) is 8.31. The van der Waals surface area contributed by atoms with E-state index in [9.17, 15) is 19.2 Å². The summed E-state index contributed by atoms with van der Waals surface area (Å²) >= 11 is 0. The van der Waals surface area contributed by atoms with Crippen LogP contribution in [0, 0.1) is 11.8 Å². The number of rotatable bonds is 7. The summed E-state index contributed by atoms with van der Waals surface area (Å²) in [7, 11) is 1.54. The maximum Gasteiger partial charge on any atom is 0.322 e. The summed E-state index contributed by atoms with van der Waals surface area (Å²) in [5.74, 6) is 6.48. The number of nitrogens with zero attached hydrogens (tertiary/aromatic N) is 3. The van der Waals surface area contributed by atoms with Gasteiger partial charge in [0.25, 0.3) is 11.8 Å². The Balaban J connectivity index is 1.21. The number of amides is 5. The van der Waals surface area contributed by atoms with Crippen LogP contribution >= 0.6 is 0 Å². The standard InChI is InChI=1S/C32H37N5O5/c1-42-28-14-12-25-20-37(31(40)29(25)19-28)21-26(34-32(41)33-22-38)13-9-23-7-10-24(11-8-23)30(39)36-17-15-35(16-18-36)27-5-3-2-4-6-27/h7-8,10-12,14,19,22,26-27H,2-6,15-18,20-21H2,1H3,(H2,33,34,38,41)/t26-/m1/s1. The second-order valence-corrected chi connectivity index (χ2v) is 11.0. The van der Waals surface area contributed by atoms with Crippen LogP contribution in [-0.4, -0.2) is 90.9 Å². The number of piperazine rings is 1. The maximum atomic E-state index is 13.1. The number of hydrogen-bond donors (Lipinski definition) is 2. The molecule has 0 bridgehead atoms. The molecule has 10 nitrogen and oxygen atoms in total. The first-order valence-corrected chi connectivity index (χ1v) is 14.6. The lowest BCUT2D eigenvalue weighted by Crippen LogP contribution is -2.52. The van der Waals surface area contributed by atoms with Gasteiger partial charge in [-0.25, -0.2) is 4.79 Å². The van der Waals surface area contributed by atoms with Gasteiger partial charge in [0, 0.05) is 55.5 Å². The summed E-state index contributed by atoms with van der Waals surface area (Å²) in [6, 6.07) is 11.7. The predicted molar refractivity (Wildman–Crippen MR) is 157 cm³/mol. The lowest BCUT2D eigenvalue weighted by Gasteiger charge is -2.40. The number of nitrogens with one attached hydrogen (secondary N) is 2. The molecule has 2 heterocycles. The number of imide groups is 1. The Labute approximate surface area is 246 Å². The fourth-order valence-electron chi connectivity index (χ4n) is 6.00. The van der Waals surface area contributed by atoms with Gasteiger partial charge in [0.15, 0.2) is 0 Å². The van der Waals surface area contributed by atoms with Gasteiger partial charge in [-0.2, -0.15) is 0 Å². The van der Waals surface area contributed by atoms with E-state index in [2.05, 4.69) is 27.4 Å². The van der Waals surface area contributed by atoms with Gasteiger partial charge in [0.05, 0.1) is 13.7 Å². The van der Waals surface area contributed by atoms with E-state index in [1.165, 1.54) is 32.1 Å². The normalized spacial score (nSPS) is 18.0. The van der Waals surface area contributed by atoms with Crippen LogP contribution in [0.25, 0.3) is 0 Å². The summed E-state index contributed by atoms with van der Waals surface area (Å²) in [6.45, 7) is 3.81. The highest BCUT2D eigenvalue weighted by atomic mass is 16.5. The maximum absolute atomic E-state index is 13.1. The average Bonchev–Trinajstić information content (AvgIpc) is 3.34. The van der Waals surface area contributed by atoms with E-state index in [1.54, 1.807) is 48.4 Å². The molecular formula is C32H37N5O5. The van der Waals surface area contributed by atoms with Crippen molar-refractivity contribution in [1.82, 2.24) is 25.3 Å². The molecule has 0 spiro atoms. The minimum absolute atomic E-state index is 0.0200. The van der Waals surface area contributed by atoms with Crippen molar-refractivity contribution >= 4 is 24.3 Å². The van der Waals surface area contributed by atoms with Crippen LogP contribution in [0.1, 0.15) is 63.9 Å². The number of carbonyl (C=O) groups excluding carboxylic acids is 4. The van der Waals surface area contributed by atoms with Crippen molar-refractivity contribution in [3.8, 4) is 17.6 Å². The van der Waals surface area contributed by atoms with Crippen molar-refractivity contribution in [3.05, 3.63) is 64.7 Å². The largest absolute Gasteiger partial charge is 0.497 e. The lowest BCUT2D eigenvalue weighted by molar-refractivity contribution is -0.108. The molecule has 1 saturated heterocycles. The molecule has 1 aliphatic carbocycles. The number of methoxy groups -OCH3 is 1. The fraction of sp³-hybridized carbons (Fsp3) is 0.438. The molecule has 10 heteroatoms. The molecule has 2 aliphatic heterocycles. The van der Waals surface area contributed by atoms with E-state index in [0.29, 0.717) is 35.0 Å². The van der Waals surface area contributed by atoms with E-state index in [4.69, 9.17) is 4.74 Å². The molecule has 220 valence electrons. The summed E-state index contributed by atoms with van der Waals surface area (Å²) in [5.41, 5.74) is 2.69. The Bertz CT molecular complexity index is 1370. The van der Waals surface area contributed by atoms with Gasteiger partial charge in [-0.15, -0.1) is 0 Å². The Kier molecular flexibility index (Phi) is 9.39. The fourth-order valence-corrected chi connectivity index (χ4v) is 6.00. The van der Waals surface area contributed by atoms with E-state index < -0.39 is 12.1 Å². The minimum atomic E-state index is -0.744. The Morgan fingerprint density at radius 3 is 2.48 bits per heavy atom. The average molecular weight is 572 g/mol. The van der Waals surface area contributed by atoms with Crippen LogP contribution in [-0.2, 0) is 11.3 Å². The first kappa shape index (κ1) is 29.1. The number of urea groups is 1. The van der Waals surface area contributed by atoms with Gasteiger partial charge in [0.1, 0.15) is 11.8 Å². The molecule has 2 aromatic rings. The van der Waals surface area contributed by atoms with Crippen LogP contribution in [0.3, 0.4) is 0 Å². The summed E-state index contributed by atoms with van der Waals surface area (Å²) in [6.07, 6.45) is 6.78. The molecule has 2 N–H and O–H groups in total. The zero-order chi connectivity index (χ0) is 29.5. The monoisotopic (exact) mass is 571 g/mol. The van der Waals surface area contributed by atoms with Crippen LogP contribution < -0.4 is 15.4 Å². The quantitative estimate of drug-likeness (QED) is 0.391. The second kappa shape index (κ2) is 13.5. The first-order valence-electron chi connectivity index (χ1n) is 14.6. The van der Waals surface area contributed by atoms with Crippen LogP contribution in [0.4, 0.5) is 4.79 Å². The molecule has 2 fully saturated rings. The highest BCUT2D eigenvalue weighted by Crippen LogP contribution is 2.27. The molecule has 0 radical (unpaired) electrons. The van der Waals surface area contributed by atoms with Gasteiger partial charge in [-0.3, -0.25) is 24.6 Å². The second-order valence-electron chi connectivity index (χ2n) is 11.0. The predicted octanol–water partition coefficient (Wildman–Crippen LogP) is 2.62. The number of fused-ring (bicyclic) bond motifs is 1. The molecule has 5 rings (SSSR count). The van der Waals surface area contributed by atoms with E-state index in [1.807, 2.05) is 11.0 Å². The van der Waals surface area contributed by atoms with Crippen molar-refractivity contribution in [1.29, 1.82) is 0 Å². The number of hydrogen-bond acceptors (Lipinski definition) is 6. The van der Waals surface area contributed by atoms with E-state index >= 15 is 0 Å². The molecular weight excluding hydrogens is 534 g/mol. The summed E-state index contributed by atoms with van der Waals surface area (Å²) < 4.78 is 5.24. The van der Waals surface area contributed by atoms with Crippen LogP contribution in [0.15, 0.2) is 42.5 Å². The van der Waals surface area contributed by atoms with Crippen molar-refractivity contribution < 1.29 is 23.9 Å². The third kappa shape index (κ3) is 6.92. The van der Waals surface area contributed by atoms with Gasteiger partial charge >= 0.3 is 6.03 Å².